The molecule has 0 spiro atoms. The molecule has 1 aromatic carbocycles. The van der Waals surface area contributed by atoms with Crippen molar-refractivity contribution in [1.29, 1.82) is 0 Å². The molecule has 0 radical (unpaired) electrons. The van der Waals surface area contributed by atoms with Crippen LogP contribution in [0.15, 0.2) is 50.7 Å². The van der Waals surface area contributed by atoms with Crippen molar-refractivity contribution in [2.24, 2.45) is 0 Å². The number of aromatic nitrogens is 2. The van der Waals surface area contributed by atoms with Gasteiger partial charge in [-0.15, -0.1) is 11.3 Å². The summed E-state index contributed by atoms with van der Waals surface area (Å²) in [6.45, 7) is 0. The molecule has 0 amide bonds. The van der Waals surface area contributed by atoms with Crippen LogP contribution in [0.2, 0.25) is 0 Å². The highest BCUT2D eigenvalue weighted by Crippen LogP contribution is 2.29. The van der Waals surface area contributed by atoms with E-state index in [1.165, 1.54) is 0 Å². The molecule has 3 aromatic rings. The fourth-order valence-corrected chi connectivity index (χ4v) is 5.09. The number of nitrogens with zero attached hydrogens (tertiary/aromatic N) is 2. The average Bonchev–Trinajstić information content (AvgIpc) is 2.85. The summed E-state index contributed by atoms with van der Waals surface area (Å²) < 4.78 is 27.8. The van der Waals surface area contributed by atoms with Gasteiger partial charge in [0.05, 0.1) is 16.7 Å². The lowest BCUT2D eigenvalue weighted by Crippen LogP contribution is -2.11. The summed E-state index contributed by atoms with van der Waals surface area (Å²) in [5.41, 5.74) is 1.81. The van der Waals surface area contributed by atoms with Gasteiger partial charge in [0.2, 0.25) is 0 Å². The maximum atomic E-state index is 12.3. The second-order valence-corrected chi connectivity index (χ2v) is 7.57. The minimum atomic E-state index is -3.60. The summed E-state index contributed by atoms with van der Waals surface area (Å²) >= 11 is 4.38. The minimum Gasteiger partial charge on any atom is -0.279 e. The number of anilines is 1. The van der Waals surface area contributed by atoms with Gasteiger partial charge in [0.15, 0.2) is 4.21 Å². The number of sulfonamides is 1. The molecule has 2 heterocycles. The topological polar surface area (TPSA) is 72.0 Å². The minimum absolute atomic E-state index is 0.247. The molecule has 102 valence electrons. The smallest absolute Gasteiger partial charge is 0.272 e. The lowest BCUT2D eigenvalue weighted by Gasteiger charge is -2.07. The van der Waals surface area contributed by atoms with E-state index in [1.807, 2.05) is 0 Å². The quantitative estimate of drug-likeness (QED) is 0.768. The summed E-state index contributed by atoms with van der Waals surface area (Å²) in [4.78, 5) is 8.29. The number of thiophene rings is 1. The van der Waals surface area contributed by atoms with Gasteiger partial charge in [0, 0.05) is 16.9 Å². The van der Waals surface area contributed by atoms with Crippen molar-refractivity contribution in [3.05, 3.63) is 46.5 Å². The van der Waals surface area contributed by atoms with Crippen molar-refractivity contribution in [2.45, 2.75) is 4.21 Å². The molecular weight excluding hydrogens is 362 g/mol. The van der Waals surface area contributed by atoms with Gasteiger partial charge in [-0.1, -0.05) is 0 Å². The lowest BCUT2D eigenvalue weighted by atomic mass is 10.3. The van der Waals surface area contributed by atoms with Crippen molar-refractivity contribution in [1.82, 2.24) is 9.97 Å². The Morgan fingerprint density at radius 2 is 1.85 bits per heavy atom. The van der Waals surface area contributed by atoms with E-state index in [0.29, 0.717) is 21.2 Å². The van der Waals surface area contributed by atoms with Crippen LogP contribution in [0.5, 0.6) is 0 Å². The highest BCUT2D eigenvalue weighted by atomic mass is 79.9. The first-order valence-electron chi connectivity index (χ1n) is 5.53. The Labute approximate surface area is 127 Å². The zero-order valence-electron chi connectivity index (χ0n) is 9.95. The predicted molar refractivity (Wildman–Crippen MR) is 82.4 cm³/mol. The largest absolute Gasteiger partial charge is 0.279 e. The number of fused-ring (bicyclic) bond motifs is 1. The van der Waals surface area contributed by atoms with Crippen LogP contribution in [-0.4, -0.2) is 18.4 Å². The SMILES string of the molecule is O=S(=O)(Nc1ccc2nccnc2c1)c1sccc1Br. The van der Waals surface area contributed by atoms with Gasteiger partial charge in [0.1, 0.15) is 0 Å². The standard InChI is InChI=1S/C12H8BrN3O2S2/c13-9-3-6-19-12(9)20(17,18)16-8-1-2-10-11(7-8)15-5-4-14-10/h1-7,16H. The Hall–Kier alpha value is -1.51. The first-order valence-corrected chi connectivity index (χ1v) is 8.68. The molecule has 0 saturated carbocycles. The van der Waals surface area contributed by atoms with E-state index in [9.17, 15) is 8.42 Å². The Morgan fingerprint density at radius 3 is 2.55 bits per heavy atom. The number of hydrogen-bond acceptors (Lipinski definition) is 5. The summed E-state index contributed by atoms with van der Waals surface area (Å²) in [7, 11) is -3.60. The van der Waals surface area contributed by atoms with Crippen LogP contribution in [0, 0.1) is 0 Å². The van der Waals surface area contributed by atoms with Crippen LogP contribution in [0.4, 0.5) is 5.69 Å². The molecule has 0 aliphatic carbocycles. The van der Waals surface area contributed by atoms with E-state index in [0.717, 1.165) is 11.3 Å². The van der Waals surface area contributed by atoms with Gasteiger partial charge in [-0.2, -0.15) is 0 Å². The van der Waals surface area contributed by atoms with E-state index >= 15 is 0 Å². The monoisotopic (exact) mass is 369 g/mol. The molecule has 0 atom stereocenters. The van der Waals surface area contributed by atoms with Crippen LogP contribution < -0.4 is 4.72 Å². The Morgan fingerprint density at radius 1 is 1.10 bits per heavy atom. The van der Waals surface area contributed by atoms with E-state index in [2.05, 4.69) is 30.6 Å². The molecule has 0 unspecified atom stereocenters. The first-order chi connectivity index (χ1) is 9.56. The van der Waals surface area contributed by atoms with Gasteiger partial charge < -0.3 is 0 Å². The van der Waals surface area contributed by atoms with Gasteiger partial charge in [-0.3, -0.25) is 14.7 Å². The maximum Gasteiger partial charge on any atom is 0.272 e. The molecule has 1 N–H and O–H groups in total. The lowest BCUT2D eigenvalue weighted by molar-refractivity contribution is 0.603. The summed E-state index contributed by atoms with van der Waals surface area (Å²) in [6.07, 6.45) is 3.16. The van der Waals surface area contributed by atoms with Crippen LogP contribution in [0.25, 0.3) is 11.0 Å². The van der Waals surface area contributed by atoms with E-state index in [4.69, 9.17) is 0 Å². The fraction of sp³-hybridized carbons (Fsp3) is 0. The predicted octanol–water partition coefficient (Wildman–Crippen LogP) is 3.25. The zero-order chi connectivity index (χ0) is 14.2. The summed E-state index contributed by atoms with van der Waals surface area (Å²) in [5.74, 6) is 0. The molecule has 5 nitrogen and oxygen atoms in total. The van der Waals surface area contributed by atoms with Crippen molar-refractivity contribution in [2.75, 3.05) is 4.72 Å². The number of hydrogen-bond donors (Lipinski definition) is 1. The van der Waals surface area contributed by atoms with Gasteiger partial charge in [-0.05, 0) is 45.6 Å². The molecule has 3 rings (SSSR count). The Kier molecular flexibility index (Phi) is 3.45. The van der Waals surface area contributed by atoms with E-state index in [-0.39, 0.29) is 4.21 Å². The number of rotatable bonds is 3. The van der Waals surface area contributed by atoms with Crippen molar-refractivity contribution in [3.8, 4) is 0 Å². The molecule has 0 saturated heterocycles. The normalized spacial score (nSPS) is 11.7. The van der Waals surface area contributed by atoms with Crippen LogP contribution in [-0.2, 0) is 10.0 Å². The molecule has 2 aromatic heterocycles. The van der Waals surface area contributed by atoms with Crippen molar-refractivity contribution >= 4 is 54.0 Å². The number of benzene rings is 1. The first kappa shape index (κ1) is 13.5. The highest BCUT2D eigenvalue weighted by molar-refractivity contribution is 9.10. The third-order valence-electron chi connectivity index (χ3n) is 2.55. The highest BCUT2D eigenvalue weighted by Gasteiger charge is 2.19. The third kappa shape index (κ3) is 2.54. The third-order valence-corrected chi connectivity index (χ3v) is 6.60. The molecule has 0 aliphatic heterocycles. The summed E-state index contributed by atoms with van der Waals surface area (Å²) in [6, 6.07) is 6.74. The van der Waals surface area contributed by atoms with Crippen molar-refractivity contribution < 1.29 is 8.42 Å². The van der Waals surface area contributed by atoms with Gasteiger partial charge >= 0.3 is 0 Å². The molecule has 0 aliphatic rings. The second kappa shape index (κ2) is 5.12. The molecule has 8 heteroatoms. The fourth-order valence-electron chi connectivity index (χ4n) is 1.70. The Bertz CT molecular complexity index is 877. The average molecular weight is 370 g/mol. The van der Waals surface area contributed by atoms with Gasteiger partial charge in [-0.25, -0.2) is 8.42 Å². The summed E-state index contributed by atoms with van der Waals surface area (Å²) in [5, 5.41) is 1.71. The zero-order valence-corrected chi connectivity index (χ0v) is 13.2. The maximum absolute atomic E-state index is 12.3. The van der Waals surface area contributed by atoms with Crippen LogP contribution in [0.3, 0.4) is 0 Å². The van der Waals surface area contributed by atoms with Crippen molar-refractivity contribution in [3.63, 3.8) is 0 Å². The molecule has 0 bridgehead atoms. The molecule has 20 heavy (non-hydrogen) atoms. The molecule has 0 fully saturated rings. The number of nitrogens with one attached hydrogen (secondary N) is 1. The van der Waals surface area contributed by atoms with Gasteiger partial charge in [0.25, 0.3) is 10.0 Å². The molecular formula is C12H8BrN3O2S2. The second-order valence-electron chi connectivity index (χ2n) is 3.92. The van der Waals surface area contributed by atoms with Crippen LogP contribution in [0.1, 0.15) is 0 Å². The van der Waals surface area contributed by atoms with E-state index in [1.54, 1.807) is 42.0 Å². The Balaban J connectivity index is 1.99. The van der Waals surface area contributed by atoms with E-state index < -0.39 is 10.0 Å². The number of halogens is 1. The van der Waals surface area contributed by atoms with Crippen LogP contribution >= 0.6 is 27.3 Å².